The number of ether oxygens (including phenoxy) is 1. The molecule has 2 rings (SSSR count). The van der Waals surface area contributed by atoms with Crippen molar-refractivity contribution in [2.75, 3.05) is 38.6 Å². The Morgan fingerprint density at radius 3 is 2.72 bits per heavy atom. The number of rotatable bonds is 8. The molecule has 8 heteroatoms. The normalized spacial score (nSPS) is 17.0. The lowest BCUT2D eigenvalue weighted by molar-refractivity contribution is 0.0793. The van der Waals surface area contributed by atoms with E-state index in [1.165, 1.54) is 9.88 Å². The van der Waals surface area contributed by atoms with Crippen LogP contribution in [0.2, 0.25) is 0 Å². The van der Waals surface area contributed by atoms with Crippen molar-refractivity contribution in [1.29, 1.82) is 0 Å². The van der Waals surface area contributed by atoms with Gasteiger partial charge in [0.25, 0.3) is 0 Å². The standard InChI is InChI=1S/C17H30N4OS2.HI/c1-4-18-16(19-9-6-15-20-12-14(3)24-15)21-13-17(23-5-2)7-10-22-11-8-17;/h12H,4-11,13H2,1-3H3,(H2,18,19,21);1H. The van der Waals surface area contributed by atoms with Crippen LogP contribution in [0.5, 0.6) is 0 Å². The van der Waals surface area contributed by atoms with Crippen LogP contribution >= 0.6 is 47.1 Å². The quantitative estimate of drug-likeness (QED) is 0.327. The molecule has 0 saturated carbocycles. The highest BCUT2D eigenvalue weighted by Crippen LogP contribution is 2.35. The van der Waals surface area contributed by atoms with E-state index in [2.05, 4.69) is 36.4 Å². The molecule has 1 aliphatic rings. The molecule has 1 saturated heterocycles. The van der Waals surface area contributed by atoms with Crippen LogP contribution in [0.3, 0.4) is 0 Å². The first-order chi connectivity index (χ1) is 11.7. The van der Waals surface area contributed by atoms with Gasteiger partial charge >= 0.3 is 0 Å². The van der Waals surface area contributed by atoms with Crippen LogP contribution in [0, 0.1) is 6.92 Å². The maximum Gasteiger partial charge on any atom is 0.191 e. The number of hydrogen-bond acceptors (Lipinski definition) is 5. The third kappa shape index (κ3) is 8.01. The van der Waals surface area contributed by atoms with E-state index in [-0.39, 0.29) is 28.7 Å². The fourth-order valence-electron chi connectivity index (χ4n) is 2.77. The van der Waals surface area contributed by atoms with E-state index in [0.29, 0.717) is 0 Å². The van der Waals surface area contributed by atoms with Crippen molar-refractivity contribution in [3.05, 3.63) is 16.1 Å². The van der Waals surface area contributed by atoms with Crippen molar-refractivity contribution in [2.24, 2.45) is 4.99 Å². The van der Waals surface area contributed by atoms with Gasteiger partial charge in [-0.15, -0.1) is 35.3 Å². The summed E-state index contributed by atoms with van der Waals surface area (Å²) in [6.45, 7) is 10.7. The number of nitrogens with one attached hydrogen (secondary N) is 2. The molecule has 0 atom stereocenters. The molecule has 0 amide bonds. The topological polar surface area (TPSA) is 58.5 Å². The average Bonchev–Trinajstić information content (AvgIpc) is 2.99. The summed E-state index contributed by atoms with van der Waals surface area (Å²) in [7, 11) is 0. The first kappa shape index (κ1) is 23.0. The van der Waals surface area contributed by atoms with Gasteiger partial charge < -0.3 is 15.4 Å². The molecule has 0 radical (unpaired) electrons. The Morgan fingerprint density at radius 1 is 1.36 bits per heavy atom. The van der Waals surface area contributed by atoms with E-state index < -0.39 is 0 Å². The number of thioether (sulfide) groups is 1. The highest BCUT2D eigenvalue weighted by molar-refractivity contribution is 14.0. The van der Waals surface area contributed by atoms with Gasteiger partial charge in [0.05, 0.1) is 11.6 Å². The van der Waals surface area contributed by atoms with Gasteiger partial charge in [0.15, 0.2) is 5.96 Å². The van der Waals surface area contributed by atoms with Crippen molar-refractivity contribution in [3.63, 3.8) is 0 Å². The van der Waals surface area contributed by atoms with E-state index in [1.54, 1.807) is 11.3 Å². The molecule has 1 aliphatic heterocycles. The van der Waals surface area contributed by atoms with Gasteiger partial charge in [-0.3, -0.25) is 4.99 Å². The summed E-state index contributed by atoms with van der Waals surface area (Å²) in [5, 5.41) is 7.98. The van der Waals surface area contributed by atoms with Crippen molar-refractivity contribution < 1.29 is 4.74 Å². The monoisotopic (exact) mass is 498 g/mol. The molecule has 0 unspecified atom stereocenters. The van der Waals surface area contributed by atoms with Crippen molar-refractivity contribution in [1.82, 2.24) is 15.6 Å². The number of aromatic nitrogens is 1. The number of halogens is 1. The minimum Gasteiger partial charge on any atom is -0.381 e. The van der Waals surface area contributed by atoms with Crippen LogP contribution in [-0.2, 0) is 11.2 Å². The number of guanidine groups is 1. The SMILES string of the molecule is CCNC(=NCC1(SCC)CCOCC1)NCCc1ncc(C)s1.I. The van der Waals surface area contributed by atoms with E-state index in [9.17, 15) is 0 Å². The number of hydrogen-bond donors (Lipinski definition) is 2. The molecular weight excluding hydrogens is 467 g/mol. The van der Waals surface area contributed by atoms with Gasteiger partial charge in [0, 0.05) is 48.5 Å². The molecular formula is C17H31IN4OS2. The predicted molar refractivity (Wildman–Crippen MR) is 121 cm³/mol. The van der Waals surface area contributed by atoms with E-state index >= 15 is 0 Å². The second kappa shape index (κ2) is 12.3. The van der Waals surface area contributed by atoms with Crippen LogP contribution in [-0.4, -0.2) is 54.3 Å². The zero-order chi connectivity index (χ0) is 17.3. The molecule has 1 fully saturated rings. The minimum atomic E-state index is 0. The lowest BCUT2D eigenvalue weighted by Crippen LogP contribution is -2.41. The van der Waals surface area contributed by atoms with Crippen molar-refractivity contribution in [2.45, 2.75) is 44.8 Å². The third-order valence-electron chi connectivity index (χ3n) is 4.02. The van der Waals surface area contributed by atoms with Gasteiger partial charge in [-0.2, -0.15) is 11.8 Å². The number of thiazole rings is 1. The highest BCUT2D eigenvalue weighted by atomic mass is 127. The van der Waals surface area contributed by atoms with Gasteiger partial charge in [0.1, 0.15) is 0 Å². The maximum atomic E-state index is 5.54. The molecule has 0 aromatic carbocycles. The number of nitrogens with zero attached hydrogens (tertiary/aromatic N) is 2. The first-order valence-corrected chi connectivity index (χ1v) is 10.6. The Labute approximate surface area is 177 Å². The van der Waals surface area contributed by atoms with Gasteiger partial charge in [-0.05, 0) is 32.4 Å². The van der Waals surface area contributed by atoms with Crippen LogP contribution in [0.15, 0.2) is 11.2 Å². The summed E-state index contributed by atoms with van der Waals surface area (Å²) in [4.78, 5) is 10.5. The lowest BCUT2D eigenvalue weighted by atomic mass is 9.99. The largest absolute Gasteiger partial charge is 0.381 e. The molecule has 0 spiro atoms. The van der Waals surface area contributed by atoms with Crippen LogP contribution in [0.25, 0.3) is 0 Å². The zero-order valence-electron chi connectivity index (χ0n) is 15.5. The summed E-state index contributed by atoms with van der Waals surface area (Å²) in [5.74, 6) is 2.04. The summed E-state index contributed by atoms with van der Waals surface area (Å²) in [5.41, 5.74) is 0. The van der Waals surface area contributed by atoms with Crippen LogP contribution < -0.4 is 10.6 Å². The van der Waals surface area contributed by atoms with Crippen LogP contribution in [0.1, 0.15) is 36.6 Å². The molecule has 0 aliphatic carbocycles. The van der Waals surface area contributed by atoms with E-state index in [0.717, 1.165) is 63.8 Å². The van der Waals surface area contributed by atoms with Gasteiger partial charge in [0.2, 0.25) is 0 Å². The molecule has 1 aromatic rings. The fraction of sp³-hybridized carbons (Fsp3) is 0.765. The molecule has 0 bridgehead atoms. The second-order valence-electron chi connectivity index (χ2n) is 5.96. The van der Waals surface area contributed by atoms with Gasteiger partial charge in [-0.25, -0.2) is 4.98 Å². The molecule has 1 aromatic heterocycles. The summed E-state index contributed by atoms with van der Waals surface area (Å²) < 4.78 is 5.78. The van der Waals surface area contributed by atoms with Crippen LogP contribution in [0.4, 0.5) is 0 Å². The Bertz CT molecular complexity index is 513. The van der Waals surface area contributed by atoms with E-state index in [4.69, 9.17) is 9.73 Å². The van der Waals surface area contributed by atoms with Gasteiger partial charge in [-0.1, -0.05) is 6.92 Å². The molecule has 2 heterocycles. The number of aryl methyl sites for hydroxylation is 1. The molecule has 2 N–H and O–H groups in total. The Morgan fingerprint density at radius 2 is 2.12 bits per heavy atom. The molecule has 144 valence electrons. The summed E-state index contributed by atoms with van der Waals surface area (Å²) in [6.07, 6.45) is 5.06. The predicted octanol–water partition coefficient (Wildman–Crippen LogP) is 3.47. The Kier molecular flexibility index (Phi) is 11.4. The minimum absolute atomic E-state index is 0. The summed E-state index contributed by atoms with van der Waals surface area (Å²) in [6, 6.07) is 0. The molecule has 5 nitrogen and oxygen atoms in total. The maximum absolute atomic E-state index is 5.54. The second-order valence-corrected chi connectivity index (χ2v) is 9.02. The lowest BCUT2D eigenvalue weighted by Gasteiger charge is -2.35. The average molecular weight is 499 g/mol. The van der Waals surface area contributed by atoms with Crippen molar-refractivity contribution >= 4 is 53.0 Å². The fourth-order valence-corrected chi connectivity index (χ4v) is 4.78. The highest BCUT2D eigenvalue weighted by Gasteiger charge is 2.32. The molecule has 25 heavy (non-hydrogen) atoms. The van der Waals surface area contributed by atoms with E-state index in [1.807, 2.05) is 18.0 Å². The smallest absolute Gasteiger partial charge is 0.191 e. The Balaban J connectivity index is 0.00000312. The third-order valence-corrected chi connectivity index (χ3v) is 6.44. The first-order valence-electron chi connectivity index (χ1n) is 8.82. The van der Waals surface area contributed by atoms with Crippen molar-refractivity contribution in [3.8, 4) is 0 Å². The zero-order valence-corrected chi connectivity index (χ0v) is 19.4. The Hall–Kier alpha value is -0.0600. The number of aliphatic imine (C=N–C) groups is 1. The summed E-state index contributed by atoms with van der Waals surface area (Å²) >= 11 is 3.80.